The van der Waals surface area contributed by atoms with Crippen molar-refractivity contribution in [3.05, 3.63) is 61.1 Å². The van der Waals surface area contributed by atoms with Crippen molar-refractivity contribution in [3.8, 4) is 11.8 Å². The maximum Gasteiger partial charge on any atom is 0.431 e. The molecule has 1 heterocycles. The lowest BCUT2D eigenvalue weighted by Crippen LogP contribution is -2.41. The van der Waals surface area contributed by atoms with Crippen molar-refractivity contribution in [1.29, 1.82) is 5.26 Å². The first kappa shape index (κ1) is 25.6. The summed E-state index contributed by atoms with van der Waals surface area (Å²) in [5, 5.41) is 7.92. The molecule has 0 N–H and O–H groups in total. The van der Waals surface area contributed by atoms with Crippen LogP contribution in [0.25, 0.3) is 5.69 Å². The molecule has 0 aliphatic carbocycles. The van der Waals surface area contributed by atoms with Gasteiger partial charge in [-0.15, -0.1) is 0 Å². The summed E-state index contributed by atoms with van der Waals surface area (Å²) in [6.45, 7) is 1.62. The van der Waals surface area contributed by atoms with Gasteiger partial charge in [-0.25, -0.2) is 23.3 Å². The van der Waals surface area contributed by atoms with Crippen molar-refractivity contribution >= 4 is 23.5 Å². The van der Waals surface area contributed by atoms with Gasteiger partial charge >= 0.3 is 23.8 Å². The molecule has 9 nitrogen and oxygen atoms in total. The third-order valence-electron chi connectivity index (χ3n) is 4.22. The molecule has 2 rings (SSSR count). The Morgan fingerprint density at radius 2 is 1.79 bits per heavy atom. The van der Waals surface area contributed by atoms with E-state index in [9.17, 15) is 36.7 Å². The van der Waals surface area contributed by atoms with E-state index in [1.807, 2.05) is 0 Å². The van der Waals surface area contributed by atoms with Crippen LogP contribution >= 0.6 is 11.6 Å². The van der Waals surface area contributed by atoms with Crippen molar-refractivity contribution in [2.75, 3.05) is 6.61 Å². The second kappa shape index (κ2) is 9.07. The highest BCUT2D eigenvalue weighted by Gasteiger charge is 2.36. The van der Waals surface area contributed by atoms with Crippen LogP contribution in [0.2, 0.25) is 5.02 Å². The van der Waals surface area contributed by atoms with Gasteiger partial charge in [0.1, 0.15) is 17.6 Å². The summed E-state index contributed by atoms with van der Waals surface area (Å²) in [5.74, 6) is -3.70. The summed E-state index contributed by atoms with van der Waals surface area (Å²) in [5.41, 5.74) is -8.05. The van der Waals surface area contributed by atoms with Crippen LogP contribution in [0.1, 0.15) is 29.9 Å². The number of nitriles is 1. The number of halogens is 5. The van der Waals surface area contributed by atoms with Crippen molar-refractivity contribution in [1.82, 2.24) is 9.13 Å². The van der Waals surface area contributed by atoms with Gasteiger partial charge in [-0.3, -0.25) is 9.36 Å². The Morgan fingerprint density at radius 3 is 2.33 bits per heavy atom. The molecular formula is C19H14ClF4N3O6. The molecule has 0 amide bonds. The summed E-state index contributed by atoms with van der Waals surface area (Å²) < 4.78 is 63.3. The molecule has 33 heavy (non-hydrogen) atoms. The van der Waals surface area contributed by atoms with E-state index >= 15 is 0 Å². The van der Waals surface area contributed by atoms with Crippen molar-refractivity contribution in [2.45, 2.75) is 25.6 Å². The number of rotatable bonds is 5. The van der Waals surface area contributed by atoms with Gasteiger partial charge in [-0.2, -0.15) is 18.4 Å². The first-order valence-corrected chi connectivity index (χ1v) is 9.16. The van der Waals surface area contributed by atoms with Gasteiger partial charge in [-0.1, -0.05) is 11.6 Å². The lowest BCUT2D eigenvalue weighted by molar-refractivity contribution is -0.161. The van der Waals surface area contributed by atoms with Crippen molar-refractivity contribution < 1.29 is 36.6 Å². The normalized spacial score (nSPS) is 11.6. The number of esters is 2. The summed E-state index contributed by atoms with van der Waals surface area (Å²) in [6, 6.07) is 2.79. The molecule has 0 saturated heterocycles. The monoisotopic (exact) mass is 491 g/mol. The Labute approximate surface area is 187 Å². The Kier molecular flexibility index (Phi) is 7.03. The van der Waals surface area contributed by atoms with Crippen LogP contribution in [0.15, 0.2) is 27.8 Å². The summed E-state index contributed by atoms with van der Waals surface area (Å²) in [7, 11) is 0.722. The molecule has 0 atom stereocenters. The van der Waals surface area contributed by atoms with Gasteiger partial charge in [0.2, 0.25) is 5.60 Å². The third kappa shape index (κ3) is 5.23. The van der Waals surface area contributed by atoms with Gasteiger partial charge in [0, 0.05) is 13.1 Å². The average molecular weight is 492 g/mol. The average Bonchev–Trinajstić information content (AvgIpc) is 2.68. The molecule has 0 unspecified atom stereocenters. The quantitative estimate of drug-likeness (QED) is 0.465. The van der Waals surface area contributed by atoms with Gasteiger partial charge in [0.05, 0.1) is 16.3 Å². The number of hydrogen-bond donors (Lipinski definition) is 0. The third-order valence-corrected chi connectivity index (χ3v) is 4.53. The second-order valence-electron chi connectivity index (χ2n) is 6.96. The topological polar surface area (TPSA) is 120 Å². The van der Waals surface area contributed by atoms with E-state index in [0.717, 1.165) is 20.9 Å². The minimum atomic E-state index is -5.04. The fourth-order valence-electron chi connectivity index (χ4n) is 2.58. The molecule has 1 aromatic heterocycles. The highest BCUT2D eigenvalue weighted by molar-refractivity contribution is 6.33. The zero-order valence-electron chi connectivity index (χ0n) is 17.1. The molecule has 1 aromatic carbocycles. The number of ether oxygens (including phenoxy) is 2. The van der Waals surface area contributed by atoms with Crippen molar-refractivity contribution in [3.63, 3.8) is 0 Å². The lowest BCUT2D eigenvalue weighted by Gasteiger charge is -2.23. The SMILES string of the molecule is Cn1c(C(F)(F)F)cc(=O)n(-c2cc(C(=O)OC(C)(C)C(=O)OCC#N)c(Cl)cc2F)c1=O. The zero-order chi connectivity index (χ0) is 25.3. The number of alkyl halides is 3. The molecule has 0 fully saturated rings. The zero-order valence-corrected chi connectivity index (χ0v) is 17.9. The minimum Gasteiger partial charge on any atom is -0.447 e. The molecule has 14 heteroatoms. The Balaban J connectivity index is 2.59. The van der Waals surface area contributed by atoms with E-state index < -0.39 is 69.4 Å². The number of aromatic nitrogens is 2. The first-order chi connectivity index (χ1) is 15.1. The smallest absolute Gasteiger partial charge is 0.431 e. The predicted octanol–water partition coefficient (Wildman–Crippen LogP) is 2.35. The Bertz CT molecular complexity index is 1290. The largest absolute Gasteiger partial charge is 0.447 e. The van der Waals surface area contributed by atoms with Crippen LogP contribution in [0.4, 0.5) is 17.6 Å². The molecule has 0 aliphatic rings. The molecule has 0 radical (unpaired) electrons. The molecule has 0 aliphatic heterocycles. The van der Waals surface area contributed by atoms with E-state index in [1.165, 1.54) is 0 Å². The number of carbonyl (C=O) groups excluding carboxylic acids is 2. The number of hydrogen-bond acceptors (Lipinski definition) is 7. The number of benzene rings is 1. The summed E-state index contributed by atoms with van der Waals surface area (Å²) >= 11 is 5.85. The van der Waals surface area contributed by atoms with Gasteiger partial charge in [-0.05, 0) is 26.0 Å². The molecule has 0 saturated carbocycles. The van der Waals surface area contributed by atoms with E-state index in [-0.39, 0.29) is 15.2 Å². The lowest BCUT2D eigenvalue weighted by atomic mass is 10.1. The van der Waals surface area contributed by atoms with E-state index in [2.05, 4.69) is 4.74 Å². The van der Waals surface area contributed by atoms with Crippen LogP contribution in [0.5, 0.6) is 0 Å². The molecular weight excluding hydrogens is 478 g/mol. The van der Waals surface area contributed by atoms with E-state index in [4.69, 9.17) is 21.6 Å². The molecule has 0 spiro atoms. The Hall–Kier alpha value is -3.66. The van der Waals surface area contributed by atoms with Crippen LogP contribution in [-0.4, -0.2) is 33.3 Å². The maximum atomic E-state index is 14.5. The fourth-order valence-corrected chi connectivity index (χ4v) is 2.81. The number of carbonyl (C=O) groups is 2. The number of nitrogens with zero attached hydrogens (tertiary/aromatic N) is 3. The minimum absolute atomic E-state index is 0.0734. The van der Waals surface area contributed by atoms with Gasteiger partial charge < -0.3 is 9.47 Å². The van der Waals surface area contributed by atoms with Crippen LogP contribution in [0.3, 0.4) is 0 Å². The maximum absolute atomic E-state index is 14.5. The summed E-state index contributed by atoms with van der Waals surface area (Å²) in [4.78, 5) is 49.1. The fraction of sp³-hybridized carbons (Fsp3) is 0.316. The highest BCUT2D eigenvalue weighted by Crippen LogP contribution is 2.28. The highest BCUT2D eigenvalue weighted by atomic mass is 35.5. The predicted molar refractivity (Wildman–Crippen MR) is 103 cm³/mol. The summed E-state index contributed by atoms with van der Waals surface area (Å²) in [6.07, 6.45) is -5.04. The standard InChI is InChI=1S/C19H14ClF4N3O6/c1-18(2,16(30)32-5-4-25)33-15(29)9-6-12(11(21)7-10(9)20)27-14(28)8-13(19(22,23)24)26(3)17(27)31/h6-8H,5H2,1-3H3. The van der Waals surface area contributed by atoms with E-state index in [0.29, 0.717) is 12.1 Å². The first-order valence-electron chi connectivity index (χ1n) is 8.79. The Morgan fingerprint density at radius 1 is 1.18 bits per heavy atom. The molecule has 176 valence electrons. The van der Waals surface area contributed by atoms with Crippen molar-refractivity contribution in [2.24, 2.45) is 7.05 Å². The van der Waals surface area contributed by atoms with Crippen LogP contribution in [-0.2, 0) is 27.5 Å². The van der Waals surface area contributed by atoms with Gasteiger partial charge in [0.15, 0.2) is 6.61 Å². The van der Waals surface area contributed by atoms with Crippen LogP contribution < -0.4 is 11.2 Å². The van der Waals surface area contributed by atoms with Crippen LogP contribution in [0, 0.1) is 17.1 Å². The molecule has 0 bridgehead atoms. The molecule has 2 aromatic rings. The van der Waals surface area contributed by atoms with Gasteiger partial charge in [0.25, 0.3) is 5.56 Å². The second-order valence-corrected chi connectivity index (χ2v) is 7.37. The van der Waals surface area contributed by atoms with E-state index in [1.54, 1.807) is 6.07 Å².